The van der Waals surface area contributed by atoms with E-state index in [1.165, 1.54) is 17.1 Å². The second kappa shape index (κ2) is 10.5. The highest BCUT2D eigenvalue weighted by molar-refractivity contribution is 5.81. The molecule has 5 aromatic rings. The van der Waals surface area contributed by atoms with Crippen LogP contribution in [0.2, 0.25) is 0 Å². The van der Waals surface area contributed by atoms with E-state index in [-0.39, 0.29) is 23.9 Å². The largest absolute Gasteiger partial charge is 0.388 e. The highest BCUT2D eigenvalue weighted by Crippen LogP contribution is 2.33. The molecule has 42 heavy (non-hydrogen) atoms. The summed E-state index contributed by atoms with van der Waals surface area (Å²) in [6.45, 7) is 1.78. The van der Waals surface area contributed by atoms with Crippen molar-refractivity contribution >= 4 is 28.4 Å². The van der Waals surface area contributed by atoms with Crippen molar-refractivity contribution in [2.75, 3.05) is 18.4 Å². The summed E-state index contributed by atoms with van der Waals surface area (Å²) >= 11 is 0. The molecule has 0 spiro atoms. The lowest BCUT2D eigenvalue weighted by atomic mass is 9.91. The molecule has 2 N–H and O–H groups in total. The summed E-state index contributed by atoms with van der Waals surface area (Å²) < 4.78 is 4.93. The van der Waals surface area contributed by atoms with E-state index in [1.807, 2.05) is 64.4 Å². The molecule has 1 amide bonds. The van der Waals surface area contributed by atoms with Gasteiger partial charge in [-0.1, -0.05) is 6.07 Å². The first-order valence-corrected chi connectivity index (χ1v) is 14.2. The number of benzene rings is 1. The first kappa shape index (κ1) is 26.1. The van der Waals surface area contributed by atoms with Crippen molar-refractivity contribution in [1.82, 2.24) is 39.0 Å². The van der Waals surface area contributed by atoms with Crippen LogP contribution in [0.15, 0.2) is 78.4 Å². The number of piperidine rings is 1. The molecule has 214 valence electrons. The van der Waals surface area contributed by atoms with E-state index in [0.29, 0.717) is 43.5 Å². The predicted molar refractivity (Wildman–Crippen MR) is 155 cm³/mol. The Labute approximate surface area is 241 Å². The van der Waals surface area contributed by atoms with Crippen molar-refractivity contribution in [3.63, 3.8) is 0 Å². The number of likely N-dealkylation sites (tertiary alicyclic amines) is 1. The van der Waals surface area contributed by atoms with E-state index in [9.17, 15) is 14.7 Å². The number of hydrogen-bond donors (Lipinski definition) is 2. The molecule has 2 fully saturated rings. The zero-order valence-corrected chi connectivity index (χ0v) is 23.0. The molecule has 12 heteroatoms. The Hall–Kier alpha value is -4.84. The lowest BCUT2D eigenvalue weighted by Gasteiger charge is -2.38. The fraction of sp³-hybridized carbons (Fsp3) is 0.333. The number of pyridine rings is 1. The summed E-state index contributed by atoms with van der Waals surface area (Å²) in [5.41, 5.74) is 1.82. The maximum atomic E-state index is 13.3. The average molecular weight is 566 g/mol. The number of aromatic nitrogens is 7. The van der Waals surface area contributed by atoms with Gasteiger partial charge in [-0.25, -0.2) is 9.67 Å². The van der Waals surface area contributed by atoms with Crippen molar-refractivity contribution in [1.29, 1.82) is 0 Å². The third kappa shape index (κ3) is 5.28. The van der Waals surface area contributed by atoms with Gasteiger partial charge in [-0.05, 0) is 61.6 Å². The Kier molecular flexibility index (Phi) is 6.54. The van der Waals surface area contributed by atoms with Crippen LogP contribution in [0.4, 0.5) is 11.5 Å². The Balaban J connectivity index is 1.02. The lowest BCUT2D eigenvalue weighted by molar-refractivity contribution is -0.137. The van der Waals surface area contributed by atoms with E-state index in [0.717, 1.165) is 35.6 Å². The monoisotopic (exact) mass is 565 g/mol. The lowest BCUT2D eigenvalue weighted by Crippen LogP contribution is -2.50. The smallest absolute Gasteiger partial charge is 0.264 e. The molecule has 1 saturated heterocycles. The molecule has 5 heterocycles. The van der Waals surface area contributed by atoms with Gasteiger partial charge < -0.3 is 15.3 Å². The maximum Gasteiger partial charge on any atom is 0.264 e. The summed E-state index contributed by atoms with van der Waals surface area (Å²) in [6, 6.07) is 13.5. The van der Waals surface area contributed by atoms with Gasteiger partial charge in [0.25, 0.3) is 5.56 Å². The van der Waals surface area contributed by atoms with Gasteiger partial charge >= 0.3 is 0 Å². The second-order valence-electron chi connectivity index (χ2n) is 11.2. The van der Waals surface area contributed by atoms with Gasteiger partial charge in [-0.15, -0.1) is 0 Å². The van der Waals surface area contributed by atoms with E-state index in [2.05, 4.69) is 25.5 Å². The molecule has 1 aromatic carbocycles. The number of anilines is 2. The summed E-state index contributed by atoms with van der Waals surface area (Å²) in [5.74, 6) is 1.09. The molecule has 1 saturated carbocycles. The van der Waals surface area contributed by atoms with E-state index in [4.69, 9.17) is 0 Å². The zero-order valence-electron chi connectivity index (χ0n) is 23.0. The number of fused-ring (bicyclic) bond motifs is 1. The van der Waals surface area contributed by atoms with Crippen LogP contribution in [0.1, 0.15) is 31.2 Å². The second-order valence-corrected chi connectivity index (χ2v) is 11.2. The zero-order chi connectivity index (χ0) is 28.7. The normalized spacial score (nSPS) is 16.5. The fourth-order valence-electron chi connectivity index (χ4n) is 5.49. The SMILES string of the molecule is O=C(C1CC1)N1CCC(O)(Cn2cnc3c(cnn3-c3ccc(Nc4ccn(Cc5cccnc5)n4)cc3)c2=O)CC1. The van der Waals surface area contributed by atoms with Crippen LogP contribution >= 0.6 is 0 Å². The number of carbonyl (C=O) groups is 1. The molecular formula is C30H31N9O3. The van der Waals surface area contributed by atoms with Crippen LogP contribution in [0.3, 0.4) is 0 Å². The Morgan fingerprint density at radius 1 is 1.07 bits per heavy atom. The van der Waals surface area contributed by atoms with E-state index >= 15 is 0 Å². The van der Waals surface area contributed by atoms with Crippen molar-refractivity contribution < 1.29 is 9.90 Å². The van der Waals surface area contributed by atoms with Crippen LogP contribution in [0.5, 0.6) is 0 Å². The van der Waals surface area contributed by atoms with Crippen LogP contribution < -0.4 is 10.9 Å². The van der Waals surface area contributed by atoms with Crippen molar-refractivity contribution in [2.24, 2.45) is 5.92 Å². The number of nitrogens with zero attached hydrogens (tertiary/aromatic N) is 8. The van der Waals surface area contributed by atoms with Crippen LogP contribution in [0, 0.1) is 5.92 Å². The molecular weight excluding hydrogens is 534 g/mol. The quantitative estimate of drug-likeness (QED) is 0.293. The van der Waals surface area contributed by atoms with Crippen LogP contribution in [0.25, 0.3) is 16.7 Å². The molecule has 1 aliphatic heterocycles. The molecule has 0 unspecified atom stereocenters. The number of nitrogens with one attached hydrogen (secondary N) is 1. The molecule has 1 aliphatic carbocycles. The van der Waals surface area contributed by atoms with E-state index in [1.54, 1.807) is 10.9 Å². The number of hydrogen-bond acceptors (Lipinski definition) is 8. The molecule has 0 bridgehead atoms. The molecule has 0 radical (unpaired) electrons. The molecule has 12 nitrogen and oxygen atoms in total. The van der Waals surface area contributed by atoms with Crippen LogP contribution in [-0.4, -0.2) is 68.7 Å². The summed E-state index contributed by atoms with van der Waals surface area (Å²) in [7, 11) is 0. The van der Waals surface area contributed by atoms with Crippen molar-refractivity contribution in [2.45, 2.75) is 44.4 Å². The highest BCUT2D eigenvalue weighted by Gasteiger charge is 2.39. The first-order valence-electron chi connectivity index (χ1n) is 14.2. The number of carbonyl (C=O) groups excluding carboxylic acids is 1. The van der Waals surface area contributed by atoms with Gasteiger partial charge in [-0.3, -0.25) is 23.8 Å². The molecule has 7 rings (SSSR count). The van der Waals surface area contributed by atoms with Gasteiger partial charge in [0, 0.05) is 49.4 Å². The summed E-state index contributed by atoms with van der Waals surface area (Å²) in [4.78, 5) is 36.2. The van der Waals surface area contributed by atoms with Gasteiger partial charge in [0.05, 0.1) is 30.6 Å². The number of rotatable bonds is 8. The van der Waals surface area contributed by atoms with Crippen LogP contribution in [-0.2, 0) is 17.9 Å². The maximum absolute atomic E-state index is 13.3. The standard InChI is InChI=1S/C30H31N9O3/c40-28(22-3-4-22)36-14-10-30(42,11-15-36)19-37-20-32-27-25(29(37)41)17-33-39(27)24-7-5-23(6-8-24)34-26-9-13-38(35-26)18-21-2-1-12-31-16-21/h1-2,5-9,12-13,16-17,20,22,42H,3-4,10-11,14-15,18-19H2,(H,34,35). The molecule has 0 atom stereocenters. The van der Waals surface area contributed by atoms with Gasteiger partial charge in [0.2, 0.25) is 5.91 Å². The Bertz CT molecular complexity index is 1780. The Morgan fingerprint density at radius 3 is 2.62 bits per heavy atom. The van der Waals surface area contributed by atoms with Gasteiger partial charge in [0.1, 0.15) is 11.7 Å². The summed E-state index contributed by atoms with van der Waals surface area (Å²) in [5, 5.41) is 23.9. The minimum atomic E-state index is -1.06. The fourth-order valence-corrected chi connectivity index (χ4v) is 5.49. The topological polar surface area (TPSA) is 136 Å². The van der Waals surface area contributed by atoms with E-state index < -0.39 is 5.60 Å². The summed E-state index contributed by atoms with van der Waals surface area (Å²) in [6.07, 6.45) is 11.3. The molecule has 4 aromatic heterocycles. The minimum Gasteiger partial charge on any atom is -0.388 e. The van der Waals surface area contributed by atoms with Crippen molar-refractivity contribution in [3.8, 4) is 5.69 Å². The van der Waals surface area contributed by atoms with Gasteiger partial charge in [-0.2, -0.15) is 10.2 Å². The highest BCUT2D eigenvalue weighted by atomic mass is 16.3. The number of aliphatic hydroxyl groups is 1. The third-order valence-corrected chi connectivity index (χ3v) is 8.04. The van der Waals surface area contributed by atoms with Crippen molar-refractivity contribution in [3.05, 3.63) is 89.5 Å². The molecule has 2 aliphatic rings. The average Bonchev–Trinajstić information content (AvgIpc) is 3.62. The number of amides is 1. The first-order chi connectivity index (χ1) is 20.4. The van der Waals surface area contributed by atoms with Gasteiger partial charge in [0.15, 0.2) is 11.5 Å². The minimum absolute atomic E-state index is 0.129. The third-order valence-electron chi connectivity index (χ3n) is 8.04. The Morgan fingerprint density at radius 2 is 1.88 bits per heavy atom. The predicted octanol–water partition coefficient (Wildman–Crippen LogP) is 2.73.